The SMILES string of the molecule is Cc1ccc(NC(=O)CC2N=C(/N=C(\N)Nc3ccccc3)NC2=O)cc1Cl. The fraction of sp³-hybridized carbons (Fsp3) is 0.158. The van der Waals surface area contributed by atoms with E-state index < -0.39 is 11.9 Å². The summed E-state index contributed by atoms with van der Waals surface area (Å²) in [6.45, 7) is 1.87. The number of amides is 2. The van der Waals surface area contributed by atoms with Crippen molar-refractivity contribution in [1.82, 2.24) is 5.32 Å². The third-order valence-corrected chi connectivity index (χ3v) is 4.33. The van der Waals surface area contributed by atoms with Crippen molar-refractivity contribution in [3.63, 3.8) is 0 Å². The normalized spacial score (nSPS) is 16.4. The minimum Gasteiger partial charge on any atom is -0.369 e. The molecule has 2 aromatic carbocycles. The molecule has 1 aliphatic rings. The lowest BCUT2D eigenvalue weighted by atomic mass is 10.2. The van der Waals surface area contributed by atoms with Crippen LogP contribution in [-0.2, 0) is 9.59 Å². The van der Waals surface area contributed by atoms with E-state index in [9.17, 15) is 9.59 Å². The van der Waals surface area contributed by atoms with Gasteiger partial charge in [-0.15, -0.1) is 0 Å². The summed E-state index contributed by atoms with van der Waals surface area (Å²) in [7, 11) is 0. The van der Waals surface area contributed by atoms with Crippen molar-refractivity contribution < 1.29 is 9.59 Å². The Morgan fingerprint density at radius 1 is 1.21 bits per heavy atom. The van der Waals surface area contributed by atoms with E-state index in [0.29, 0.717) is 10.7 Å². The Balaban J connectivity index is 1.60. The highest BCUT2D eigenvalue weighted by Crippen LogP contribution is 2.20. The van der Waals surface area contributed by atoms with Crippen LogP contribution in [0.4, 0.5) is 11.4 Å². The van der Waals surface area contributed by atoms with Crippen molar-refractivity contribution in [1.29, 1.82) is 0 Å². The van der Waals surface area contributed by atoms with E-state index in [-0.39, 0.29) is 24.2 Å². The molecule has 144 valence electrons. The maximum absolute atomic E-state index is 12.2. The van der Waals surface area contributed by atoms with Crippen LogP contribution in [0.2, 0.25) is 5.02 Å². The third kappa shape index (κ3) is 5.08. The van der Waals surface area contributed by atoms with E-state index in [1.54, 1.807) is 18.2 Å². The molecule has 0 radical (unpaired) electrons. The molecular weight excluding hydrogens is 380 g/mol. The second kappa shape index (κ2) is 8.53. The molecule has 8 nitrogen and oxygen atoms in total. The average Bonchev–Trinajstić information content (AvgIpc) is 2.97. The van der Waals surface area contributed by atoms with E-state index in [1.807, 2.05) is 37.3 Å². The molecule has 0 spiro atoms. The Labute approximate surface area is 166 Å². The summed E-state index contributed by atoms with van der Waals surface area (Å²) in [5.74, 6) is -0.639. The van der Waals surface area contributed by atoms with Gasteiger partial charge in [-0.2, -0.15) is 4.99 Å². The number of aryl methyl sites for hydroxylation is 1. The summed E-state index contributed by atoms with van der Waals surface area (Å²) in [4.78, 5) is 32.4. The predicted molar refractivity (Wildman–Crippen MR) is 110 cm³/mol. The van der Waals surface area contributed by atoms with Crippen LogP contribution >= 0.6 is 11.6 Å². The van der Waals surface area contributed by atoms with Crippen LogP contribution < -0.4 is 21.7 Å². The van der Waals surface area contributed by atoms with Gasteiger partial charge in [0.1, 0.15) is 6.04 Å². The molecule has 0 aromatic heterocycles. The quantitative estimate of drug-likeness (QED) is 0.466. The number of hydrogen-bond donors (Lipinski definition) is 4. The number of nitrogens with zero attached hydrogens (tertiary/aromatic N) is 2. The van der Waals surface area contributed by atoms with Crippen molar-refractivity contribution in [2.24, 2.45) is 15.7 Å². The van der Waals surface area contributed by atoms with Crippen molar-refractivity contribution in [2.75, 3.05) is 10.6 Å². The van der Waals surface area contributed by atoms with Crippen LogP contribution in [-0.4, -0.2) is 29.8 Å². The monoisotopic (exact) mass is 398 g/mol. The summed E-state index contributed by atoms with van der Waals surface area (Å²) < 4.78 is 0. The zero-order valence-corrected chi connectivity index (χ0v) is 15.8. The van der Waals surface area contributed by atoms with Gasteiger partial charge in [-0.3, -0.25) is 14.9 Å². The molecule has 5 N–H and O–H groups in total. The summed E-state index contributed by atoms with van der Waals surface area (Å²) >= 11 is 6.05. The van der Waals surface area contributed by atoms with Gasteiger partial charge in [0.2, 0.25) is 17.8 Å². The Morgan fingerprint density at radius 2 is 1.96 bits per heavy atom. The molecule has 0 saturated heterocycles. The molecule has 0 aliphatic carbocycles. The number of para-hydroxylation sites is 1. The first kappa shape index (κ1) is 19.4. The number of guanidine groups is 2. The van der Waals surface area contributed by atoms with E-state index in [4.69, 9.17) is 17.3 Å². The van der Waals surface area contributed by atoms with E-state index in [1.165, 1.54) is 0 Å². The van der Waals surface area contributed by atoms with Gasteiger partial charge in [0.05, 0.1) is 6.42 Å². The topological polar surface area (TPSA) is 121 Å². The number of aliphatic imine (C=N–C) groups is 2. The number of anilines is 2. The van der Waals surface area contributed by atoms with E-state index in [0.717, 1.165) is 11.3 Å². The highest BCUT2D eigenvalue weighted by Gasteiger charge is 2.28. The Bertz CT molecular complexity index is 958. The molecule has 1 heterocycles. The standard InChI is InChI=1S/C19H19ClN6O2/c1-11-7-8-13(9-14(11)20)22-16(27)10-15-17(28)25-19(24-15)26-18(21)23-12-5-3-2-4-6-12/h2-9,15H,10H2,1H3,(H,22,27)(H4,21,23,24,25,26,28). The zero-order valence-electron chi connectivity index (χ0n) is 15.1. The predicted octanol–water partition coefficient (Wildman–Crippen LogP) is 2.26. The van der Waals surface area contributed by atoms with Gasteiger partial charge in [0.15, 0.2) is 0 Å². The van der Waals surface area contributed by atoms with Crippen molar-refractivity contribution in [3.05, 3.63) is 59.1 Å². The van der Waals surface area contributed by atoms with Gasteiger partial charge in [0.25, 0.3) is 5.91 Å². The summed E-state index contributed by atoms with van der Waals surface area (Å²) in [6.07, 6.45) is -0.123. The van der Waals surface area contributed by atoms with E-state index in [2.05, 4.69) is 25.9 Å². The molecule has 1 aliphatic heterocycles. The summed E-state index contributed by atoms with van der Waals surface area (Å²) in [6, 6.07) is 13.5. The summed E-state index contributed by atoms with van der Waals surface area (Å²) in [5, 5.41) is 8.64. The largest absolute Gasteiger partial charge is 0.369 e. The molecule has 0 saturated carbocycles. The smallest absolute Gasteiger partial charge is 0.252 e. The fourth-order valence-electron chi connectivity index (χ4n) is 2.50. The highest BCUT2D eigenvalue weighted by molar-refractivity contribution is 6.31. The molecule has 0 fully saturated rings. The number of halogens is 1. The molecule has 3 rings (SSSR count). The molecule has 0 bridgehead atoms. The number of benzene rings is 2. The van der Waals surface area contributed by atoms with Crippen LogP contribution in [0.1, 0.15) is 12.0 Å². The molecule has 2 amide bonds. The number of carbonyl (C=O) groups is 2. The Morgan fingerprint density at radius 3 is 2.68 bits per heavy atom. The highest BCUT2D eigenvalue weighted by atomic mass is 35.5. The average molecular weight is 399 g/mol. The third-order valence-electron chi connectivity index (χ3n) is 3.92. The zero-order chi connectivity index (χ0) is 20.1. The number of nitrogens with one attached hydrogen (secondary N) is 3. The van der Waals surface area contributed by atoms with Crippen LogP contribution in [0.3, 0.4) is 0 Å². The van der Waals surface area contributed by atoms with E-state index >= 15 is 0 Å². The van der Waals surface area contributed by atoms with Gasteiger partial charge >= 0.3 is 0 Å². The molecule has 1 atom stereocenters. The summed E-state index contributed by atoms with van der Waals surface area (Å²) in [5.41, 5.74) is 8.03. The van der Waals surface area contributed by atoms with Gasteiger partial charge in [0, 0.05) is 16.4 Å². The second-order valence-electron chi connectivity index (χ2n) is 6.16. The van der Waals surface area contributed by atoms with Crippen molar-refractivity contribution >= 4 is 46.7 Å². The minimum atomic E-state index is -0.871. The van der Waals surface area contributed by atoms with Gasteiger partial charge < -0.3 is 16.4 Å². The Kier molecular flexibility index (Phi) is 5.90. The lowest BCUT2D eigenvalue weighted by Crippen LogP contribution is -2.32. The number of hydrogen-bond acceptors (Lipinski definition) is 4. The minimum absolute atomic E-state index is 0.0575. The molecule has 2 aromatic rings. The lowest BCUT2D eigenvalue weighted by molar-refractivity contribution is -0.123. The van der Waals surface area contributed by atoms with Gasteiger partial charge in [-0.05, 0) is 36.8 Å². The van der Waals surface area contributed by atoms with Crippen LogP contribution in [0.5, 0.6) is 0 Å². The first-order valence-corrected chi connectivity index (χ1v) is 8.89. The second-order valence-corrected chi connectivity index (χ2v) is 6.57. The Hall–Kier alpha value is -3.39. The maximum Gasteiger partial charge on any atom is 0.252 e. The molecule has 1 unspecified atom stereocenters. The number of carbonyl (C=O) groups excluding carboxylic acids is 2. The van der Waals surface area contributed by atoms with Crippen molar-refractivity contribution in [3.8, 4) is 0 Å². The molecular formula is C19H19ClN6O2. The first-order valence-electron chi connectivity index (χ1n) is 8.51. The van der Waals surface area contributed by atoms with Crippen LogP contribution in [0.15, 0.2) is 58.5 Å². The lowest BCUT2D eigenvalue weighted by Gasteiger charge is -2.08. The molecule has 28 heavy (non-hydrogen) atoms. The number of rotatable bonds is 4. The molecule has 9 heteroatoms. The van der Waals surface area contributed by atoms with Crippen LogP contribution in [0, 0.1) is 6.92 Å². The fourth-order valence-corrected chi connectivity index (χ4v) is 2.68. The number of nitrogens with two attached hydrogens (primary N) is 1. The van der Waals surface area contributed by atoms with Crippen molar-refractivity contribution in [2.45, 2.75) is 19.4 Å². The first-order chi connectivity index (χ1) is 13.4. The van der Waals surface area contributed by atoms with Gasteiger partial charge in [-0.1, -0.05) is 35.9 Å². The van der Waals surface area contributed by atoms with Crippen LogP contribution in [0.25, 0.3) is 0 Å². The van der Waals surface area contributed by atoms with Gasteiger partial charge in [-0.25, -0.2) is 4.99 Å². The maximum atomic E-state index is 12.2.